The van der Waals surface area contributed by atoms with Crippen molar-refractivity contribution in [1.29, 1.82) is 0 Å². The van der Waals surface area contributed by atoms with E-state index in [0.717, 1.165) is 15.6 Å². The number of rotatable bonds is 2. The van der Waals surface area contributed by atoms with E-state index in [1.807, 2.05) is 31.2 Å². The molecule has 0 aliphatic heterocycles. The second kappa shape index (κ2) is 5.55. The van der Waals surface area contributed by atoms with Crippen LogP contribution in [0, 0.1) is 6.92 Å². The van der Waals surface area contributed by atoms with Crippen LogP contribution in [-0.2, 0) is 9.84 Å². The van der Waals surface area contributed by atoms with Crippen molar-refractivity contribution in [3.8, 4) is 0 Å². The second-order valence-corrected chi connectivity index (χ2v) is 9.25. The van der Waals surface area contributed by atoms with E-state index >= 15 is 0 Å². The molecule has 6 heteroatoms. The van der Waals surface area contributed by atoms with Crippen molar-refractivity contribution < 1.29 is 8.42 Å². The van der Waals surface area contributed by atoms with Gasteiger partial charge in [-0.15, -0.1) is 11.3 Å². The zero-order valence-corrected chi connectivity index (χ0v) is 15.0. The monoisotopic (exact) mass is 373 g/mol. The molecule has 0 radical (unpaired) electrons. The molecule has 0 amide bonds. The summed E-state index contributed by atoms with van der Waals surface area (Å²) in [5.74, 6) is 0. The fourth-order valence-electron chi connectivity index (χ4n) is 2.69. The van der Waals surface area contributed by atoms with E-state index in [2.05, 4.69) is 4.98 Å². The van der Waals surface area contributed by atoms with E-state index in [4.69, 9.17) is 11.6 Å². The zero-order chi connectivity index (χ0) is 16.9. The molecule has 0 saturated carbocycles. The van der Waals surface area contributed by atoms with Gasteiger partial charge in [0, 0.05) is 21.3 Å². The van der Waals surface area contributed by atoms with E-state index < -0.39 is 9.84 Å². The highest BCUT2D eigenvalue weighted by molar-refractivity contribution is 7.93. The zero-order valence-electron chi connectivity index (χ0n) is 12.7. The van der Waals surface area contributed by atoms with Crippen LogP contribution >= 0.6 is 22.9 Å². The van der Waals surface area contributed by atoms with Crippen molar-refractivity contribution in [3.63, 3.8) is 0 Å². The molecule has 0 N–H and O–H groups in total. The quantitative estimate of drug-likeness (QED) is 0.482. The Morgan fingerprint density at radius 3 is 2.71 bits per heavy atom. The van der Waals surface area contributed by atoms with Crippen LogP contribution in [0.3, 0.4) is 0 Å². The third kappa shape index (κ3) is 2.49. The largest absolute Gasteiger partial charge is 0.256 e. The van der Waals surface area contributed by atoms with Gasteiger partial charge in [0.15, 0.2) is 0 Å². The molecule has 0 aliphatic carbocycles. The number of fused-ring (bicyclic) bond motifs is 2. The number of halogens is 1. The van der Waals surface area contributed by atoms with Gasteiger partial charge in [-0.05, 0) is 48.7 Å². The SMILES string of the molecule is Cc1ccc2nccc(S(=O)(=O)c3cc4ccc(Cl)cc4s3)c2c1. The third-order valence-corrected chi connectivity index (χ3v) is 7.49. The summed E-state index contributed by atoms with van der Waals surface area (Å²) in [6.45, 7) is 1.93. The maximum atomic E-state index is 13.2. The molecular weight excluding hydrogens is 362 g/mol. The average Bonchev–Trinajstić information content (AvgIpc) is 2.98. The van der Waals surface area contributed by atoms with Crippen LogP contribution in [0.1, 0.15) is 5.56 Å². The maximum absolute atomic E-state index is 13.2. The van der Waals surface area contributed by atoms with Gasteiger partial charge in [-0.3, -0.25) is 4.98 Å². The molecule has 0 fully saturated rings. The number of hydrogen-bond donors (Lipinski definition) is 0. The standard InChI is InChI=1S/C18H12ClNO2S2/c1-11-2-5-15-14(8-11)17(6-7-20-15)24(21,22)18-9-12-3-4-13(19)10-16(12)23-18/h2-10H,1H3. The fourth-order valence-corrected chi connectivity index (χ4v) is 5.93. The van der Waals surface area contributed by atoms with Gasteiger partial charge in [0.2, 0.25) is 9.84 Å². The molecule has 0 aliphatic rings. The maximum Gasteiger partial charge on any atom is 0.216 e. The fraction of sp³-hybridized carbons (Fsp3) is 0.0556. The first kappa shape index (κ1) is 15.6. The summed E-state index contributed by atoms with van der Waals surface area (Å²) in [6.07, 6.45) is 1.54. The van der Waals surface area contributed by atoms with Crippen LogP contribution in [0.25, 0.3) is 21.0 Å². The minimum absolute atomic E-state index is 0.286. The highest BCUT2D eigenvalue weighted by Crippen LogP contribution is 2.36. The first-order chi connectivity index (χ1) is 11.4. The first-order valence-electron chi connectivity index (χ1n) is 7.25. The Morgan fingerprint density at radius 1 is 1.04 bits per heavy atom. The van der Waals surface area contributed by atoms with Crippen LogP contribution in [-0.4, -0.2) is 13.4 Å². The Labute approximate surface area is 148 Å². The van der Waals surface area contributed by atoms with Crippen LogP contribution in [0.15, 0.2) is 63.8 Å². The number of nitrogens with zero attached hydrogens (tertiary/aromatic N) is 1. The number of aryl methyl sites for hydroxylation is 1. The van der Waals surface area contributed by atoms with Gasteiger partial charge in [0.1, 0.15) is 4.21 Å². The first-order valence-corrected chi connectivity index (χ1v) is 9.92. The predicted octanol–water partition coefficient (Wildman–Crippen LogP) is 5.24. The number of aromatic nitrogens is 1. The lowest BCUT2D eigenvalue weighted by Gasteiger charge is -2.06. The molecule has 0 unspecified atom stereocenters. The molecule has 0 bridgehead atoms. The van der Waals surface area contributed by atoms with Gasteiger partial charge < -0.3 is 0 Å². The van der Waals surface area contributed by atoms with Gasteiger partial charge in [-0.25, -0.2) is 8.42 Å². The van der Waals surface area contributed by atoms with Crippen LogP contribution in [0.4, 0.5) is 0 Å². The second-order valence-electron chi connectivity index (χ2n) is 5.58. The van der Waals surface area contributed by atoms with Crippen LogP contribution in [0.5, 0.6) is 0 Å². The van der Waals surface area contributed by atoms with Crippen molar-refractivity contribution in [2.75, 3.05) is 0 Å². The van der Waals surface area contributed by atoms with Gasteiger partial charge in [0.25, 0.3) is 0 Å². The summed E-state index contributed by atoms with van der Waals surface area (Å²) in [5, 5.41) is 2.11. The highest BCUT2D eigenvalue weighted by atomic mass is 35.5. The Balaban J connectivity index is 1.98. The molecule has 3 nitrogen and oxygen atoms in total. The van der Waals surface area contributed by atoms with Gasteiger partial charge in [-0.2, -0.15) is 0 Å². The van der Waals surface area contributed by atoms with E-state index in [0.29, 0.717) is 20.1 Å². The van der Waals surface area contributed by atoms with E-state index in [1.165, 1.54) is 17.5 Å². The third-order valence-electron chi connectivity index (χ3n) is 3.87. The molecule has 0 atom stereocenters. The van der Waals surface area contributed by atoms with Crippen LogP contribution < -0.4 is 0 Å². The molecule has 24 heavy (non-hydrogen) atoms. The topological polar surface area (TPSA) is 47.0 Å². The smallest absolute Gasteiger partial charge is 0.216 e. The minimum atomic E-state index is -3.62. The van der Waals surface area contributed by atoms with Gasteiger partial charge in [0.05, 0.1) is 10.4 Å². The number of thiophene rings is 1. The highest BCUT2D eigenvalue weighted by Gasteiger charge is 2.23. The summed E-state index contributed by atoms with van der Waals surface area (Å²) in [7, 11) is -3.62. The van der Waals surface area contributed by atoms with Crippen molar-refractivity contribution in [3.05, 3.63) is 65.3 Å². The Bertz CT molecular complexity index is 1200. The van der Waals surface area contributed by atoms with Gasteiger partial charge >= 0.3 is 0 Å². The van der Waals surface area contributed by atoms with E-state index in [9.17, 15) is 8.42 Å². The lowest BCUT2D eigenvalue weighted by molar-refractivity contribution is 0.599. The molecule has 0 saturated heterocycles. The summed E-state index contributed by atoms with van der Waals surface area (Å²) in [4.78, 5) is 4.55. The number of hydrogen-bond acceptors (Lipinski definition) is 4. The average molecular weight is 374 g/mol. The molecule has 120 valence electrons. The summed E-state index contributed by atoms with van der Waals surface area (Å²) in [5.41, 5.74) is 1.67. The molecule has 2 aromatic carbocycles. The number of benzene rings is 2. The van der Waals surface area contributed by atoms with Crippen molar-refractivity contribution in [2.45, 2.75) is 16.0 Å². The summed E-state index contributed by atoms with van der Waals surface area (Å²) < 4.78 is 27.5. The lowest BCUT2D eigenvalue weighted by atomic mass is 10.1. The molecule has 0 spiro atoms. The van der Waals surface area contributed by atoms with Crippen molar-refractivity contribution in [1.82, 2.24) is 4.98 Å². The summed E-state index contributed by atoms with van der Waals surface area (Å²) in [6, 6.07) is 14.3. The normalized spacial score (nSPS) is 12.1. The molecular formula is C18H12ClNO2S2. The minimum Gasteiger partial charge on any atom is -0.256 e. The Morgan fingerprint density at radius 2 is 1.88 bits per heavy atom. The Kier molecular flexibility index (Phi) is 3.60. The van der Waals surface area contributed by atoms with E-state index in [1.54, 1.807) is 24.3 Å². The van der Waals surface area contributed by atoms with Gasteiger partial charge in [-0.1, -0.05) is 29.3 Å². The van der Waals surface area contributed by atoms with Crippen LogP contribution in [0.2, 0.25) is 5.02 Å². The van der Waals surface area contributed by atoms with Crippen molar-refractivity contribution >= 4 is 53.8 Å². The van der Waals surface area contributed by atoms with E-state index in [-0.39, 0.29) is 4.90 Å². The molecule has 4 rings (SSSR count). The Hall–Kier alpha value is -1.95. The molecule has 2 heterocycles. The summed E-state index contributed by atoms with van der Waals surface area (Å²) >= 11 is 7.24. The van der Waals surface area contributed by atoms with Crippen molar-refractivity contribution in [2.24, 2.45) is 0 Å². The predicted molar refractivity (Wildman–Crippen MR) is 98.8 cm³/mol. The number of sulfone groups is 1. The number of pyridine rings is 1. The molecule has 2 aromatic heterocycles. The molecule has 4 aromatic rings. The lowest BCUT2D eigenvalue weighted by Crippen LogP contribution is -2.01.